The molecule has 0 aliphatic carbocycles. The summed E-state index contributed by atoms with van der Waals surface area (Å²) in [6.07, 6.45) is 4.66. The molecule has 0 spiro atoms. The van der Waals surface area contributed by atoms with Gasteiger partial charge < -0.3 is 10.1 Å². The number of pyridine rings is 1. The third kappa shape index (κ3) is 2.76. The summed E-state index contributed by atoms with van der Waals surface area (Å²) in [5.41, 5.74) is 1.06. The zero-order valence-corrected chi connectivity index (χ0v) is 11.5. The first-order valence-electron chi connectivity index (χ1n) is 6.62. The molecule has 2 aromatic carbocycles. The van der Waals surface area contributed by atoms with E-state index in [0.717, 1.165) is 5.52 Å². The lowest BCUT2D eigenvalue weighted by Gasteiger charge is -2.01. The standard InChI is InChI=1S/C13H9N.C3H3N3O2/c1-2-6-11-10(5-1)9-14-13-8-4-3-7-12(11)13;7-6(8)3-4-1-2-5-3/h1-9H;1-2H,(H,4,5). The van der Waals surface area contributed by atoms with Crippen LogP contribution in [0.2, 0.25) is 0 Å². The van der Waals surface area contributed by atoms with Crippen LogP contribution >= 0.6 is 0 Å². The van der Waals surface area contributed by atoms with E-state index >= 15 is 0 Å². The van der Waals surface area contributed by atoms with Crippen molar-refractivity contribution in [1.29, 1.82) is 0 Å². The fraction of sp³-hybridized carbons (Fsp3) is 0. The van der Waals surface area contributed by atoms with Crippen LogP contribution in [-0.4, -0.2) is 19.9 Å². The molecule has 0 atom stereocenters. The molecule has 0 saturated heterocycles. The van der Waals surface area contributed by atoms with Gasteiger partial charge >= 0.3 is 5.95 Å². The van der Waals surface area contributed by atoms with Gasteiger partial charge in [0.2, 0.25) is 0 Å². The molecule has 108 valence electrons. The van der Waals surface area contributed by atoms with E-state index in [9.17, 15) is 10.1 Å². The zero-order chi connectivity index (χ0) is 15.4. The molecule has 6 heteroatoms. The van der Waals surface area contributed by atoms with Crippen LogP contribution in [0.3, 0.4) is 0 Å². The summed E-state index contributed by atoms with van der Waals surface area (Å²) in [7, 11) is 0. The Labute approximate surface area is 125 Å². The van der Waals surface area contributed by atoms with Crippen LogP contribution in [0.5, 0.6) is 0 Å². The Kier molecular flexibility index (Phi) is 3.74. The van der Waals surface area contributed by atoms with E-state index < -0.39 is 4.92 Å². The maximum absolute atomic E-state index is 9.77. The molecule has 4 rings (SSSR count). The Bertz CT molecular complexity index is 865. The largest absolute Gasteiger partial charge is 0.432 e. The first kappa shape index (κ1) is 13.7. The zero-order valence-electron chi connectivity index (χ0n) is 11.5. The second-order valence-electron chi connectivity index (χ2n) is 4.53. The van der Waals surface area contributed by atoms with Gasteiger partial charge in [-0.15, -0.1) is 0 Å². The summed E-state index contributed by atoms with van der Waals surface area (Å²) in [6, 6.07) is 16.6. The second-order valence-corrected chi connectivity index (χ2v) is 4.53. The van der Waals surface area contributed by atoms with Crippen molar-refractivity contribution in [2.24, 2.45) is 0 Å². The highest BCUT2D eigenvalue weighted by Crippen LogP contribution is 2.22. The molecule has 6 nitrogen and oxygen atoms in total. The molecule has 0 radical (unpaired) electrons. The van der Waals surface area contributed by atoms with E-state index in [1.54, 1.807) is 0 Å². The number of nitro groups is 1. The number of para-hydroxylation sites is 1. The fourth-order valence-electron chi connectivity index (χ4n) is 2.16. The minimum atomic E-state index is -0.583. The topological polar surface area (TPSA) is 84.7 Å². The summed E-state index contributed by atoms with van der Waals surface area (Å²) in [6.45, 7) is 0. The Hall–Kier alpha value is -3.28. The minimum absolute atomic E-state index is 0.218. The number of rotatable bonds is 1. The summed E-state index contributed by atoms with van der Waals surface area (Å²) in [5, 5.41) is 13.5. The molecule has 2 aromatic heterocycles. The molecular weight excluding hydrogens is 280 g/mol. The molecule has 0 aliphatic heterocycles. The van der Waals surface area contributed by atoms with Gasteiger partial charge in [0.15, 0.2) is 0 Å². The number of hydrogen-bond acceptors (Lipinski definition) is 4. The maximum atomic E-state index is 9.77. The number of nitrogens with one attached hydrogen (secondary N) is 1. The third-order valence-corrected chi connectivity index (χ3v) is 3.15. The monoisotopic (exact) mass is 292 g/mol. The average molecular weight is 292 g/mol. The van der Waals surface area contributed by atoms with Crippen LogP contribution in [0.4, 0.5) is 5.95 Å². The van der Waals surface area contributed by atoms with Gasteiger partial charge in [0.1, 0.15) is 6.20 Å². The van der Waals surface area contributed by atoms with E-state index in [4.69, 9.17) is 0 Å². The van der Waals surface area contributed by atoms with E-state index in [2.05, 4.69) is 45.3 Å². The van der Waals surface area contributed by atoms with Gasteiger partial charge in [-0.05, 0) is 16.4 Å². The lowest BCUT2D eigenvalue weighted by Crippen LogP contribution is -1.88. The van der Waals surface area contributed by atoms with Crippen molar-refractivity contribution >= 4 is 27.6 Å². The highest BCUT2D eigenvalue weighted by molar-refractivity contribution is 6.05. The van der Waals surface area contributed by atoms with Crippen molar-refractivity contribution in [2.75, 3.05) is 0 Å². The molecule has 22 heavy (non-hydrogen) atoms. The van der Waals surface area contributed by atoms with Crippen molar-refractivity contribution < 1.29 is 4.92 Å². The summed E-state index contributed by atoms with van der Waals surface area (Å²) in [5.74, 6) is -0.218. The summed E-state index contributed by atoms with van der Waals surface area (Å²) in [4.78, 5) is 19.3. The number of benzene rings is 2. The summed E-state index contributed by atoms with van der Waals surface area (Å²) < 4.78 is 0. The minimum Gasteiger partial charge on any atom is -0.390 e. The summed E-state index contributed by atoms with van der Waals surface area (Å²) >= 11 is 0. The number of H-pyrrole nitrogens is 1. The first-order chi connectivity index (χ1) is 10.8. The van der Waals surface area contributed by atoms with E-state index in [0.29, 0.717) is 0 Å². The van der Waals surface area contributed by atoms with Gasteiger partial charge in [-0.3, -0.25) is 4.98 Å². The first-order valence-corrected chi connectivity index (χ1v) is 6.62. The van der Waals surface area contributed by atoms with Crippen LogP contribution in [0, 0.1) is 10.1 Å². The number of fused-ring (bicyclic) bond motifs is 3. The second kappa shape index (κ2) is 6.01. The van der Waals surface area contributed by atoms with E-state index in [1.807, 2.05) is 24.4 Å². The quantitative estimate of drug-likeness (QED) is 0.329. The van der Waals surface area contributed by atoms with Crippen LogP contribution in [0.25, 0.3) is 21.7 Å². The van der Waals surface area contributed by atoms with Crippen molar-refractivity contribution in [1.82, 2.24) is 15.0 Å². The predicted molar refractivity (Wildman–Crippen MR) is 84.5 cm³/mol. The van der Waals surface area contributed by atoms with Gasteiger partial charge in [0, 0.05) is 17.0 Å². The molecule has 0 bridgehead atoms. The van der Waals surface area contributed by atoms with Crippen molar-refractivity contribution in [3.63, 3.8) is 0 Å². The maximum Gasteiger partial charge on any atom is 0.432 e. The average Bonchev–Trinajstić information content (AvgIpc) is 3.10. The molecule has 2 heterocycles. The van der Waals surface area contributed by atoms with Gasteiger partial charge in [-0.2, -0.15) is 0 Å². The molecule has 4 aromatic rings. The Morgan fingerprint density at radius 1 is 0.955 bits per heavy atom. The lowest BCUT2D eigenvalue weighted by atomic mass is 10.1. The number of aromatic amines is 1. The SMILES string of the molecule is O=[N+]([O-])c1ncc[nH]1.c1ccc2c(c1)cnc1ccccc12. The number of aromatic nitrogens is 3. The van der Waals surface area contributed by atoms with Crippen LogP contribution in [-0.2, 0) is 0 Å². The highest BCUT2D eigenvalue weighted by atomic mass is 16.6. The Morgan fingerprint density at radius 2 is 1.68 bits per heavy atom. The highest BCUT2D eigenvalue weighted by Gasteiger charge is 2.01. The molecule has 0 aliphatic rings. The predicted octanol–water partition coefficient (Wildman–Crippen LogP) is 3.71. The molecule has 0 unspecified atom stereocenters. The third-order valence-electron chi connectivity index (χ3n) is 3.15. The molecule has 0 amide bonds. The molecule has 0 fully saturated rings. The van der Waals surface area contributed by atoms with Crippen LogP contribution in [0.1, 0.15) is 0 Å². The normalized spacial score (nSPS) is 10.2. The number of nitrogens with zero attached hydrogens (tertiary/aromatic N) is 3. The van der Waals surface area contributed by atoms with Crippen LogP contribution in [0.15, 0.2) is 67.1 Å². The van der Waals surface area contributed by atoms with Crippen LogP contribution < -0.4 is 0 Å². The number of imidazole rings is 1. The smallest absolute Gasteiger partial charge is 0.390 e. The van der Waals surface area contributed by atoms with Gasteiger partial charge in [-0.1, -0.05) is 47.4 Å². The molecule has 0 saturated carbocycles. The van der Waals surface area contributed by atoms with Crippen molar-refractivity contribution in [3.8, 4) is 0 Å². The van der Waals surface area contributed by atoms with Crippen molar-refractivity contribution in [2.45, 2.75) is 0 Å². The fourth-order valence-corrected chi connectivity index (χ4v) is 2.16. The Morgan fingerprint density at radius 3 is 2.36 bits per heavy atom. The van der Waals surface area contributed by atoms with Gasteiger partial charge in [0.05, 0.1) is 11.7 Å². The molecule has 1 N–H and O–H groups in total. The number of hydrogen-bond donors (Lipinski definition) is 1. The molecular formula is C16H12N4O2. The van der Waals surface area contributed by atoms with E-state index in [-0.39, 0.29) is 5.95 Å². The van der Waals surface area contributed by atoms with Crippen molar-refractivity contribution in [3.05, 3.63) is 77.2 Å². The lowest BCUT2D eigenvalue weighted by molar-refractivity contribution is -0.393. The Balaban J connectivity index is 0.000000154. The van der Waals surface area contributed by atoms with Gasteiger partial charge in [0.25, 0.3) is 0 Å². The van der Waals surface area contributed by atoms with E-state index in [1.165, 1.54) is 28.6 Å². The van der Waals surface area contributed by atoms with Gasteiger partial charge in [-0.25, -0.2) is 4.98 Å².